The zero-order valence-electron chi connectivity index (χ0n) is 12.2. The summed E-state index contributed by atoms with van der Waals surface area (Å²) in [5.41, 5.74) is 0. The maximum Gasteiger partial charge on any atom is 0.404 e. The quantitative estimate of drug-likeness (QED) is 0.773. The summed E-state index contributed by atoms with van der Waals surface area (Å²) in [6.07, 6.45) is 3.13. The lowest BCUT2D eigenvalue weighted by Crippen LogP contribution is -2.46. The molecular weight excluding hydrogens is 246 g/mol. The minimum absolute atomic E-state index is 0.113. The fraction of sp³-hybridized carbons (Fsp3) is 0.923. The van der Waals surface area contributed by atoms with Gasteiger partial charge in [-0.1, -0.05) is 20.8 Å². The first kappa shape index (κ1) is 15.5. The van der Waals surface area contributed by atoms with Gasteiger partial charge in [-0.3, -0.25) is 0 Å². The molecule has 0 aromatic rings. The molecule has 1 saturated carbocycles. The standard InChI is InChI=1S/C13H27NO3Si/c1-13(2,3)18(4,5)17-11-8-6-10(7-9-11)14-12(15)16/h10-11,14H,6-9H2,1-5H3,(H,15,16). The molecule has 0 aliphatic heterocycles. The van der Waals surface area contributed by atoms with E-state index < -0.39 is 14.4 Å². The fourth-order valence-corrected chi connectivity index (χ4v) is 3.52. The average Bonchev–Trinajstić information content (AvgIpc) is 2.18. The minimum atomic E-state index is -1.68. The van der Waals surface area contributed by atoms with Gasteiger partial charge in [0.2, 0.25) is 0 Å². The van der Waals surface area contributed by atoms with Gasteiger partial charge in [-0.05, 0) is 43.8 Å². The highest BCUT2D eigenvalue weighted by Crippen LogP contribution is 2.39. The summed E-state index contributed by atoms with van der Waals surface area (Å²) in [6, 6.07) is 0.113. The van der Waals surface area contributed by atoms with E-state index in [1.807, 2.05) is 0 Å². The molecular formula is C13H27NO3Si. The maximum absolute atomic E-state index is 10.6. The number of carbonyl (C=O) groups is 1. The summed E-state index contributed by atoms with van der Waals surface area (Å²) in [7, 11) is -1.68. The molecule has 0 atom stereocenters. The third-order valence-electron chi connectivity index (χ3n) is 4.27. The third kappa shape index (κ3) is 4.28. The second-order valence-electron chi connectivity index (χ2n) is 6.80. The molecule has 0 bridgehead atoms. The Kier molecular flexibility index (Phi) is 4.83. The Morgan fingerprint density at radius 2 is 1.72 bits per heavy atom. The van der Waals surface area contributed by atoms with Crippen LogP contribution >= 0.6 is 0 Å². The first-order valence-electron chi connectivity index (χ1n) is 6.79. The number of amides is 1. The van der Waals surface area contributed by atoms with E-state index in [-0.39, 0.29) is 11.1 Å². The molecule has 2 N–H and O–H groups in total. The van der Waals surface area contributed by atoms with Crippen molar-refractivity contribution in [2.24, 2.45) is 0 Å². The molecule has 1 aliphatic carbocycles. The van der Waals surface area contributed by atoms with Crippen molar-refractivity contribution in [3.8, 4) is 0 Å². The molecule has 0 spiro atoms. The summed E-state index contributed by atoms with van der Waals surface area (Å²) < 4.78 is 6.36. The van der Waals surface area contributed by atoms with Crippen molar-refractivity contribution in [3.05, 3.63) is 0 Å². The molecule has 0 aromatic heterocycles. The van der Waals surface area contributed by atoms with E-state index in [4.69, 9.17) is 9.53 Å². The van der Waals surface area contributed by atoms with Gasteiger partial charge in [-0.25, -0.2) is 4.79 Å². The minimum Gasteiger partial charge on any atom is -0.465 e. The van der Waals surface area contributed by atoms with Crippen LogP contribution in [0.25, 0.3) is 0 Å². The Morgan fingerprint density at radius 1 is 1.22 bits per heavy atom. The number of rotatable bonds is 3. The van der Waals surface area contributed by atoms with Gasteiger partial charge in [0.15, 0.2) is 8.32 Å². The van der Waals surface area contributed by atoms with Crippen molar-refractivity contribution >= 4 is 14.4 Å². The van der Waals surface area contributed by atoms with Crippen molar-refractivity contribution in [3.63, 3.8) is 0 Å². The monoisotopic (exact) mass is 273 g/mol. The normalized spacial score (nSPS) is 25.8. The van der Waals surface area contributed by atoms with Gasteiger partial charge in [-0.2, -0.15) is 0 Å². The summed E-state index contributed by atoms with van der Waals surface area (Å²) in [4.78, 5) is 10.6. The second-order valence-corrected chi connectivity index (χ2v) is 11.6. The van der Waals surface area contributed by atoms with E-state index in [2.05, 4.69) is 39.2 Å². The number of carboxylic acid groups (broad SMARTS) is 1. The van der Waals surface area contributed by atoms with Crippen molar-refractivity contribution in [1.29, 1.82) is 0 Å². The molecule has 0 heterocycles. The SMILES string of the molecule is CC(C)(C)[Si](C)(C)OC1CCC(NC(=O)O)CC1. The molecule has 1 rings (SSSR count). The van der Waals surface area contributed by atoms with Gasteiger partial charge < -0.3 is 14.8 Å². The summed E-state index contributed by atoms with van der Waals surface area (Å²) in [5, 5.41) is 11.5. The largest absolute Gasteiger partial charge is 0.465 e. The first-order chi connectivity index (χ1) is 8.12. The molecule has 0 aromatic carbocycles. The lowest BCUT2D eigenvalue weighted by atomic mass is 9.93. The van der Waals surface area contributed by atoms with Crippen LogP contribution < -0.4 is 5.32 Å². The van der Waals surface area contributed by atoms with E-state index in [0.29, 0.717) is 6.10 Å². The van der Waals surface area contributed by atoms with Crippen LogP contribution in [0.3, 0.4) is 0 Å². The van der Waals surface area contributed by atoms with Gasteiger partial charge in [0.05, 0.1) is 0 Å². The number of hydrogen-bond donors (Lipinski definition) is 2. The molecule has 18 heavy (non-hydrogen) atoms. The van der Waals surface area contributed by atoms with E-state index in [1.165, 1.54) is 0 Å². The van der Waals surface area contributed by atoms with Crippen LogP contribution in [0, 0.1) is 0 Å². The average molecular weight is 273 g/mol. The van der Waals surface area contributed by atoms with Gasteiger partial charge in [0.1, 0.15) is 0 Å². The highest BCUT2D eigenvalue weighted by Gasteiger charge is 2.39. The van der Waals surface area contributed by atoms with Crippen molar-refractivity contribution in [2.75, 3.05) is 0 Å². The van der Waals surface area contributed by atoms with Crippen LogP contribution in [-0.2, 0) is 4.43 Å². The van der Waals surface area contributed by atoms with Crippen molar-refractivity contribution in [2.45, 2.75) is 76.7 Å². The molecule has 1 fully saturated rings. The molecule has 5 heteroatoms. The van der Waals surface area contributed by atoms with E-state index >= 15 is 0 Å². The Morgan fingerprint density at radius 3 is 2.11 bits per heavy atom. The Bertz CT molecular complexity index is 291. The molecule has 4 nitrogen and oxygen atoms in total. The number of nitrogens with one attached hydrogen (secondary N) is 1. The summed E-state index contributed by atoms with van der Waals surface area (Å²) in [6.45, 7) is 11.3. The summed E-state index contributed by atoms with van der Waals surface area (Å²) in [5.74, 6) is 0. The summed E-state index contributed by atoms with van der Waals surface area (Å²) >= 11 is 0. The predicted octanol–water partition coefficient (Wildman–Crippen LogP) is 3.59. The van der Waals surface area contributed by atoms with Crippen molar-refractivity contribution in [1.82, 2.24) is 5.32 Å². The molecule has 0 saturated heterocycles. The van der Waals surface area contributed by atoms with Gasteiger partial charge in [0.25, 0.3) is 0 Å². The highest BCUT2D eigenvalue weighted by molar-refractivity contribution is 6.74. The Labute approximate surface area is 111 Å². The highest BCUT2D eigenvalue weighted by atomic mass is 28.4. The lowest BCUT2D eigenvalue weighted by molar-refractivity contribution is 0.121. The van der Waals surface area contributed by atoms with Crippen LogP contribution in [0.4, 0.5) is 4.79 Å². The zero-order chi connectivity index (χ0) is 14.0. The van der Waals surface area contributed by atoms with E-state index in [0.717, 1.165) is 25.7 Å². The van der Waals surface area contributed by atoms with Gasteiger partial charge in [-0.15, -0.1) is 0 Å². The van der Waals surface area contributed by atoms with Gasteiger partial charge >= 0.3 is 6.09 Å². The third-order valence-corrected chi connectivity index (χ3v) is 8.80. The fourth-order valence-electron chi connectivity index (χ4n) is 2.09. The number of hydrogen-bond acceptors (Lipinski definition) is 2. The predicted molar refractivity (Wildman–Crippen MR) is 75.5 cm³/mol. The zero-order valence-corrected chi connectivity index (χ0v) is 13.2. The Hall–Kier alpha value is -0.553. The molecule has 106 valence electrons. The first-order valence-corrected chi connectivity index (χ1v) is 9.70. The molecule has 1 amide bonds. The molecule has 0 unspecified atom stereocenters. The van der Waals surface area contributed by atoms with Crippen LogP contribution in [0.1, 0.15) is 46.5 Å². The second kappa shape index (κ2) is 5.61. The lowest BCUT2D eigenvalue weighted by Gasteiger charge is -2.41. The van der Waals surface area contributed by atoms with Gasteiger partial charge in [0, 0.05) is 12.1 Å². The molecule has 0 radical (unpaired) electrons. The molecule has 1 aliphatic rings. The smallest absolute Gasteiger partial charge is 0.404 e. The van der Waals surface area contributed by atoms with Crippen LogP contribution in [0.2, 0.25) is 18.1 Å². The van der Waals surface area contributed by atoms with Crippen LogP contribution in [0.5, 0.6) is 0 Å². The van der Waals surface area contributed by atoms with E-state index in [1.54, 1.807) is 0 Å². The topological polar surface area (TPSA) is 58.6 Å². The maximum atomic E-state index is 10.6. The van der Waals surface area contributed by atoms with E-state index in [9.17, 15) is 4.79 Å². The van der Waals surface area contributed by atoms with Crippen molar-refractivity contribution < 1.29 is 14.3 Å². The van der Waals surface area contributed by atoms with Crippen LogP contribution in [0.15, 0.2) is 0 Å². The van der Waals surface area contributed by atoms with Crippen LogP contribution in [-0.4, -0.2) is 31.7 Å². The Balaban J connectivity index is 2.42.